The molecule has 3 N–H and O–H groups in total. The van der Waals surface area contributed by atoms with E-state index in [-0.39, 0.29) is 18.5 Å². The van der Waals surface area contributed by atoms with Gasteiger partial charge >= 0.3 is 0 Å². The van der Waals surface area contributed by atoms with Gasteiger partial charge in [-0.05, 0) is 12.2 Å². The summed E-state index contributed by atoms with van der Waals surface area (Å²) >= 11 is 2.02. The lowest BCUT2D eigenvalue weighted by molar-refractivity contribution is 0.145. The van der Waals surface area contributed by atoms with Crippen LogP contribution in [0.2, 0.25) is 0 Å². The molecule has 2 rings (SSSR count). The minimum Gasteiger partial charge on any atom is -0.391 e. The zero-order chi connectivity index (χ0) is 9.10. The standard InChI is InChI=1S/C9H18N2OS.ClH/c12-9-5-10-3-7(9)4-11-8-1-2-13-6-8;/h7-12H,1-6H2;1H. The molecule has 0 amide bonds. The molecule has 3 nitrogen and oxygen atoms in total. The van der Waals surface area contributed by atoms with Crippen LogP contribution < -0.4 is 10.6 Å². The van der Waals surface area contributed by atoms with E-state index in [1.54, 1.807) is 0 Å². The summed E-state index contributed by atoms with van der Waals surface area (Å²) in [5, 5.41) is 16.3. The second-order valence-electron chi connectivity index (χ2n) is 3.95. The van der Waals surface area contributed by atoms with E-state index in [1.165, 1.54) is 17.9 Å². The molecule has 0 radical (unpaired) electrons. The van der Waals surface area contributed by atoms with Crippen LogP contribution >= 0.6 is 24.2 Å². The van der Waals surface area contributed by atoms with E-state index >= 15 is 0 Å². The van der Waals surface area contributed by atoms with Gasteiger partial charge in [-0.15, -0.1) is 12.4 Å². The highest BCUT2D eigenvalue weighted by Gasteiger charge is 2.25. The van der Waals surface area contributed by atoms with Crippen LogP contribution in [0.25, 0.3) is 0 Å². The number of nitrogens with one attached hydrogen (secondary N) is 2. The Morgan fingerprint density at radius 2 is 2.29 bits per heavy atom. The Kier molecular flexibility index (Phi) is 5.56. The molecule has 5 heteroatoms. The van der Waals surface area contributed by atoms with E-state index in [1.807, 2.05) is 11.8 Å². The first-order valence-electron chi connectivity index (χ1n) is 5.06. The molecule has 0 saturated carbocycles. The molecule has 0 aliphatic carbocycles. The Labute approximate surface area is 95.8 Å². The highest BCUT2D eigenvalue weighted by Crippen LogP contribution is 2.17. The predicted octanol–water partition coefficient (Wildman–Crippen LogP) is 0.0836. The van der Waals surface area contributed by atoms with Crippen molar-refractivity contribution in [3.8, 4) is 0 Å². The number of halogens is 1. The minimum absolute atomic E-state index is 0. The van der Waals surface area contributed by atoms with Crippen LogP contribution in [0, 0.1) is 5.92 Å². The van der Waals surface area contributed by atoms with Gasteiger partial charge in [-0.1, -0.05) is 0 Å². The maximum Gasteiger partial charge on any atom is 0.0716 e. The Bertz CT molecular complexity index is 167. The summed E-state index contributed by atoms with van der Waals surface area (Å²) < 4.78 is 0. The van der Waals surface area contributed by atoms with Gasteiger partial charge in [0.2, 0.25) is 0 Å². The molecular weight excluding hydrogens is 220 g/mol. The Hall–Kier alpha value is 0.520. The fourth-order valence-electron chi connectivity index (χ4n) is 1.94. The number of aliphatic hydroxyl groups excluding tert-OH is 1. The van der Waals surface area contributed by atoms with E-state index in [0.29, 0.717) is 12.0 Å². The molecule has 2 saturated heterocycles. The van der Waals surface area contributed by atoms with Crippen molar-refractivity contribution in [2.75, 3.05) is 31.1 Å². The average Bonchev–Trinajstić information content (AvgIpc) is 2.72. The van der Waals surface area contributed by atoms with Crippen LogP contribution in [0.4, 0.5) is 0 Å². The fourth-order valence-corrected chi connectivity index (χ4v) is 3.13. The summed E-state index contributed by atoms with van der Waals surface area (Å²) in [6.45, 7) is 2.71. The second kappa shape index (κ2) is 6.18. The molecule has 2 fully saturated rings. The molecule has 3 unspecified atom stereocenters. The third-order valence-corrected chi connectivity index (χ3v) is 4.07. The van der Waals surface area contributed by atoms with Crippen molar-refractivity contribution in [1.82, 2.24) is 10.6 Å². The van der Waals surface area contributed by atoms with Crippen molar-refractivity contribution < 1.29 is 5.11 Å². The largest absolute Gasteiger partial charge is 0.391 e. The van der Waals surface area contributed by atoms with Crippen LogP contribution in [0.1, 0.15) is 6.42 Å². The van der Waals surface area contributed by atoms with Crippen LogP contribution in [0.5, 0.6) is 0 Å². The van der Waals surface area contributed by atoms with Gasteiger partial charge in [0, 0.05) is 37.3 Å². The van der Waals surface area contributed by atoms with E-state index < -0.39 is 0 Å². The van der Waals surface area contributed by atoms with Gasteiger partial charge in [0.25, 0.3) is 0 Å². The Morgan fingerprint density at radius 1 is 1.43 bits per heavy atom. The average molecular weight is 239 g/mol. The summed E-state index contributed by atoms with van der Waals surface area (Å²) in [6, 6.07) is 0.692. The molecule has 0 bridgehead atoms. The third-order valence-electron chi connectivity index (χ3n) is 2.90. The molecule has 0 spiro atoms. The summed E-state index contributed by atoms with van der Waals surface area (Å²) in [4.78, 5) is 0. The highest BCUT2D eigenvalue weighted by atomic mass is 35.5. The van der Waals surface area contributed by atoms with Crippen molar-refractivity contribution >= 4 is 24.2 Å². The van der Waals surface area contributed by atoms with Gasteiger partial charge in [0.1, 0.15) is 0 Å². The number of rotatable bonds is 3. The molecule has 2 heterocycles. The third kappa shape index (κ3) is 3.28. The molecule has 84 valence electrons. The van der Waals surface area contributed by atoms with Gasteiger partial charge in [-0.25, -0.2) is 0 Å². The molecular formula is C9H19ClN2OS. The Morgan fingerprint density at radius 3 is 2.86 bits per heavy atom. The van der Waals surface area contributed by atoms with Crippen LogP contribution in [-0.4, -0.2) is 48.4 Å². The highest BCUT2D eigenvalue weighted by molar-refractivity contribution is 7.99. The van der Waals surface area contributed by atoms with Gasteiger partial charge < -0.3 is 15.7 Å². The van der Waals surface area contributed by atoms with Crippen molar-refractivity contribution in [1.29, 1.82) is 0 Å². The number of hydrogen-bond donors (Lipinski definition) is 3. The zero-order valence-electron chi connectivity index (χ0n) is 8.24. The van der Waals surface area contributed by atoms with Crippen molar-refractivity contribution in [3.05, 3.63) is 0 Å². The number of aliphatic hydroxyl groups is 1. The maximum atomic E-state index is 9.56. The minimum atomic E-state index is -0.137. The van der Waals surface area contributed by atoms with Crippen LogP contribution in [0.15, 0.2) is 0 Å². The normalized spacial score (nSPS) is 37.1. The zero-order valence-corrected chi connectivity index (χ0v) is 9.87. The quantitative estimate of drug-likeness (QED) is 0.652. The summed E-state index contributed by atoms with van der Waals surface area (Å²) in [6.07, 6.45) is 1.16. The van der Waals surface area contributed by atoms with E-state index in [9.17, 15) is 5.11 Å². The lowest BCUT2D eigenvalue weighted by atomic mass is 10.1. The Balaban J connectivity index is 0.000000980. The van der Waals surface area contributed by atoms with Crippen molar-refractivity contribution in [3.63, 3.8) is 0 Å². The molecule has 2 aliphatic rings. The monoisotopic (exact) mass is 238 g/mol. The second-order valence-corrected chi connectivity index (χ2v) is 5.10. The van der Waals surface area contributed by atoms with E-state index in [2.05, 4.69) is 10.6 Å². The van der Waals surface area contributed by atoms with E-state index in [0.717, 1.165) is 19.6 Å². The number of hydrogen-bond acceptors (Lipinski definition) is 4. The summed E-state index contributed by atoms with van der Waals surface area (Å²) in [5.74, 6) is 2.96. The SMILES string of the molecule is Cl.OC1CNCC1CNC1CCSC1. The fraction of sp³-hybridized carbons (Fsp3) is 1.00. The number of β-amino-alcohol motifs (C(OH)–C–C–N with tert-alkyl or cyclic N) is 1. The molecule has 3 atom stereocenters. The van der Waals surface area contributed by atoms with Crippen molar-refractivity contribution in [2.24, 2.45) is 5.92 Å². The first-order valence-corrected chi connectivity index (χ1v) is 6.21. The lowest BCUT2D eigenvalue weighted by Crippen LogP contribution is -2.37. The van der Waals surface area contributed by atoms with Crippen molar-refractivity contribution in [2.45, 2.75) is 18.6 Å². The maximum absolute atomic E-state index is 9.56. The predicted molar refractivity (Wildman–Crippen MR) is 63.3 cm³/mol. The molecule has 0 aromatic heterocycles. The molecule has 0 aromatic carbocycles. The van der Waals surface area contributed by atoms with Gasteiger partial charge in [0.05, 0.1) is 6.10 Å². The van der Waals surface area contributed by atoms with E-state index in [4.69, 9.17) is 0 Å². The van der Waals surface area contributed by atoms with Gasteiger partial charge in [-0.2, -0.15) is 11.8 Å². The smallest absolute Gasteiger partial charge is 0.0716 e. The molecule has 0 aromatic rings. The van der Waals surface area contributed by atoms with Crippen LogP contribution in [-0.2, 0) is 0 Å². The summed E-state index contributed by atoms with van der Waals surface area (Å²) in [7, 11) is 0. The van der Waals surface area contributed by atoms with Crippen LogP contribution in [0.3, 0.4) is 0 Å². The van der Waals surface area contributed by atoms with Gasteiger partial charge in [-0.3, -0.25) is 0 Å². The first kappa shape index (κ1) is 12.6. The molecule has 14 heavy (non-hydrogen) atoms. The summed E-state index contributed by atoms with van der Waals surface area (Å²) in [5.41, 5.74) is 0. The number of thioether (sulfide) groups is 1. The lowest BCUT2D eigenvalue weighted by Gasteiger charge is -2.17. The van der Waals surface area contributed by atoms with Gasteiger partial charge in [0.15, 0.2) is 0 Å². The first-order chi connectivity index (χ1) is 6.36. The topological polar surface area (TPSA) is 44.3 Å². The molecule has 2 aliphatic heterocycles.